The number of nitrogens with one attached hydrogen (secondary N) is 2. The molecule has 1 aromatic heterocycles. The van der Waals surface area contributed by atoms with Gasteiger partial charge in [-0.3, -0.25) is 0 Å². The Morgan fingerprint density at radius 1 is 1.00 bits per heavy atom. The lowest BCUT2D eigenvalue weighted by Gasteiger charge is -2.11. The van der Waals surface area contributed by atoms with Crippen molar-refractivity contribution in [2.24, 2.45) is 0 Å². The minimum Gasteiger partial charge on any atom is -0.493 e. The molecule has 0 fully saturated rings. The zero-order valence-electron chi connectivity index (χ0n) is 14.7. The van der Waals surface area contributed by atoms with E-state index < -0.39 is 11.6 Å². The topological polar surface area (TPSA) is 81.2 Å². The second-order valence-corrected chi connectivity index (χ2v) is 5.46. The summed E-state index contributed by atoms with van der Waals surface area (Å²) in [5.41, 5.74) is 0.987. The quantitative estimate of drug-likeness (QED) is 0.656. The number of halogens is 2. The fraction of sp³-hybridized carbons (Fsp3) is 0.167. The molecule has 27 heavy (non-hydrogen) atoms. The molecule has 0 spiro atoms. The highest BCUT2D eigenvalue weighted by Gasteiger charge is 2.08. The Labute approximate surface area is 154 Å². The van der Waals surface area contributed by atoms with Gasteiger partial charge >= 0.3 is 0 Å². The number of benzene rings is 2. The van der Waals surface area contributed by atoms with E-state index >= 15 is 0 Å². The van der Waals surface area contributed by atoms with E-state index in [2.05, 4.69) is 25.8 Å². The van der Waals surface area contributed by atoms with Crippen LogP contribution in [-0.4, -0.2) is 29.4 Å². The van der Waals surface area contributed by atoms with Crippen LogP contribution in [0.3, 0.4) is 0 Å². The fourth-order valence-corrected chi connectivity index (χ4v) is 2.34. The molecule has 0 aliphatic rings. The summed E-state index contributed by atoms with van der Waals surface area (Å²) in [7, 11) is 3.14. The largest absolute Gasteiger partial charge is 0.493 e. The zero-order chi connectivity index (χ0) is 19.2. The van der Waals surface area contributed by atoms with Crippen LogP contribution < -0.4 is 20.1 Å². The normalized spacial score (nSPS) is 10.4. The number of methoxy groups -OCH3 is 2. The Morgan fingerprint density at radius 2 is 1.81 bits per heavy atom. The monoisotopic (exact) mass is 373 g/mol. The van der Waals surface area contributed by atoms with Crippen LogP contribution in [0, 0.1) is 11.6 Å². The van der Waals surface area contributed by atoms with E-state index in [1.165, 1.54) is 12.3 Å². The first-order valence-corrected chi connectivity index (χ1v) is 7.95. The molecule has 0 atom stereocenters. The maximum atomic E-state index is 13.7. The maximum absolute atomic E-state index is 13.7. The van der Waals surface area contributed by atoms with E-state index in [0.717, 1.165) is 17.7 Å². The Morgan fingerprint density at radius 3 is 2.56 bits per heavy atom. The van der Waals surface area contributed by atoms with Crippen molar-refractivity contribution in [2.75, 3.05) is 24.9 Å². The summed E-state index contributed by atoms with van der Waals surface area (Å²) in [5, 5.41) is 13.4. The van der Waals surface area contributed by atoms with Gasteiger partial charge in [-0.05, 0) is 29.8 Å². The molecule has 0 aliphatic heterocycles. The first kappa shape index (κ1) is 18.3. The van der Waals surface area contributed by atoms with E-state index in [-0.39, 0.29) is 11.6 Å². The summed E-state index contributed by atoms with van der Waals surface area (Å²) in [6, 6.07) is 8.70. The molecule has 3 rings (SSSR count). The van der Waals surface area contributed by atoms with Crippen molar-refractivity contribution < 1.29 is 18.3 Å². The molecule has 0 unspecified atom stereocenters. The van der Waals surface area contributed by atoms with Gasteiger partial charge in [-0.1, -0.05) is 6.07 Å². The van der Waals surface area contributed by atoms with E-state index in [4.69, 9.17) is 9.47 Å². The van der Waals surface area contributed by atoms with Gasteiger partial charge in [-0.15, -0.1) is 5.10 Å². The molecule has 140 valence electrons. The molecule has 0 saturated heterocycles. The number of hydrogen-bond donors (Lipinski definition) is 2. The molecule has 7 nitrogen and oxygen atoms in total. The Bertz CT molecular complexity index is 939. The number of anilines is 3. The van der Waals surface area contributed by atoms with Crippen LogP contribution in [0.25, 0.3) is 0 Å². The lowest BCUT2D eigenvalue weighted by molar-refractivity contribution is 0.354. The molecule has 9 heteroatoms. The number of ether oxygens (including phenoxy) is 2. The van der Waals surface area contributed by atoms with Gasteiger partial charge in [0, 0.05) is 12.6 Å². The third-order valence-electron chi connectivity index (χ3n) is 3.66. The Hall–Kier alpha value is -3.49. The van der Waals surface area contributed by atoms with Gasteiger partial charge in [-0.2, -0.15) is 10.1 Å². The zero-order valence-corrected chi connectivity index (χ0v) is 14.7. The van der Waals surface area contributed by atoms with E-state index in [9.17, 15) is 8.78 Å². The van der Waals surface area contributed by atoms with Gasteiger partial charge in [0.05, 0.1) is 26.1 Å². The predicted octanol–water partition coefficient (Wildman–Crippen LogP) is 3.52. The number of rotatable bonds is 7. The summed E-state index contributed by atoms with van der Waals surface area (Å²) in [6.07, 6.45) is 1.44. The Kier molecular flexibility index (Phi) is 5.60. The lowest BCUT2D eigenvalue weighted by atomic mass is 10.2. The number of nitrogens with zero attached hydrogens (tertiary/aromatic N) is 3. The van der Waals surface area contributed by atoms with E-state index in [1.54, 1.807) is 20.3 Å². The molecular weight excluding hydrogens is 356 g/mol. The Balaban J connectivity index is 1.69. The van der Waals surface area contributed by atoms with Crippen molar-refractivity contribution in [1.82, 2.24) is 15.2 Å². The summed E-state index contributed by atoms with van der Waals surface area (Å²) in [5.74, 6) is 0.358. The van der Waals surface area contributed by atoms with Gasteiger partial charge in [0.1, 0.15) is 11.6 Å². The standard InChI is InChI=1S/C18H17F2N5O2/c1-26-15-6-3-11(7-16(15)27-2)9-21-17-10-22-25-18(24-17)23-14-5-4-12(19)8-13(14)20/h3-8,10H,9H2,1-2H3,(H2,21,23,24,25). The minimum absolute atomic E-state index is 0.0511. The van der Waals surface area contributed by atoms with Crippen molar-refractivity contribution in [3.63, 3.8) is 0 Å². The summed E-state index contributed by atoms with van der Waals surface area (Å²) >= 11 is 0. The van der Waals surface area contributed by atoms with Crippen LogP contribution in [-0.2, 0) is 6.54 Å². The van der Waals surface area contributed by atoms with Crippen molar-refractivity contribution in [2.45, 2.75) is 6.54 Å². The first-order chi connectivity index (χ1) is 13.1. The highest BCUT2D eigenvalue weighted by molar-refractivity contribution is 5.55. The minimum atomic E-state index is -0.748. The molecule has 0 radical (unpaired) electrons. The highest BCUT2D eigenvalue weighted by atomic mass is 19.1. The first-order valence-electron chi connectivity index (χ1n) is 7.95. The molecule has 2 N–H and O–H groups in total. The van der Waals surface area contributed by atoms with E-state index in [0.29, 0.717) is 23.9 Å². The molecule has 0 bridgehead atoms. The number of hydrogen-bond acceptors (Lipinski definition) is 7. The van der Waals surface area contributed by atoms with Crippen LogP contribution in [0.15, 0.2) is 42.6 Å². The van der Waals surface area contributed by atoms with Crippen molar-refractivity contribution in [3.05, 3.63) is 59.8 Å². The van der Waals surface area contributed by atoms with Crippen molar-refractivity contribution in [1.29, 1.82) is 0 Å². The molecule has 3 aromatic rings. The van der Waals surface area contributed by atoms with Crippen LogP contribution in [0.4, 0.5) is 26.2 Å². The summed E-state index contributed by atoms with van der Waals surface area (Å²) in [4.78, 5) is 4.21. The van der Waals surface area contributed by atoms with Gasteiger partial charge < -0.3 is 20.1 Å². The lowest BCUT2D eigenvalue weighted by Crippen LogP contribution is -2.06. The molecule has 0 aliphatic carbocycles. The molecule has 0 saturated carbocycles. The van der Waals surface area contributed by atoms with Crippen molar-refractivity contribution >= 4 is 17.5 Å². The van der Waals surface area contributed by atoms with Crippen LogP contribution >= 0.6 is 0 Å². The second-order valence-electron chi connectivity index (χ2n) is 5.46. The third-order valence-corrected chi connectivity index (χ3v) is 3.66. The average Bonchev–Trinajstić information content (AvgIpc) is 2.68. The van der Waals surface area contributed by atoms with Gasteiger partial charge in [0.25, 0.3) is 0 Å². The van der Waals surface area contributed by atoms with E-state index in [1.807, 2.05) is 12.1 Å². The average molecular weight is 373 g/mol. The van der Waals surface area contributed by atoms with Crippen molar-refractivity contribution in [3.8, 4) is 11.5 Å². The molecule has 2 aromatic carbocycles. The van der Waals surface area contributed by atoms with Gasteiger partial charge in [0.2, 0.25) is 5.95 Å². The number of aromatic nitrogens is 3. The molecular formula is C18H17F2N5O2. The maximum Gasteiger partial charge on any atom is 0.249 e. The second kappa shape index (κ2) is 8.26. The summed E-state index contributed by atoms with van der Waals surface area (Å²) < 4.78 is 37.2. The SMILES string of the molecule is COc1ccc(CNc2cnnc(Nc3ccc(F)cc3F)n2)cc1OC. The van der Waals surface area contributed by atoms with Crippen LogP contribution in [0.1, 0.15) is 5.56 Å². The molecule has 0 amide bonds. The fourth-order valence-electron chi connectivity index (χ4n) is 2.34. The smallest absolute Gasteiger partial charge is 0.249 e. The highest BCUT2D eigenvalue weighted by Crippen LogP contribution is 2.27. The van der Waals surface area contributed by atoms with Gasteiger partial charge in [-0.25, -0.2) is 8.78 Å². The van der Waals surface area contributed by atoms with Gasteiger partial charge in [0.15, 0.2) is 17.3 Å². The third kappa shape index (κ3) is 4.57. The van der Waals surface area contributed by atoms with Crippen LogP contribution in [0.5, 0.6) is 11.5 Å². The van der Waals surface area contributed by atoms with Crippen LogP contribution in [0.2, 0.25) is 0 Å². The predicted molar refractivity (Wildman–Crippen MR) is 96.3 cm³/mol. The molecule has 1 heterocycles. The summed E-state index contributed by atoms with van der Waals surface area (Å²) in [6.45, 7) is 0.448.